The van der Waals surface area contributed by atoms with Crippen molar-refractivity contribution in [2.24, 2.45) is 0 Å². The van der Waals surface area contributed by atoms with E-state index >= 15 is 0 Å². The molecular formula is C15H12ClNOS. The fourth-order valence-corrected chi connectivity index (χ4v) is 3.18. The first-order valence-corrected chi connectivity index (χ1v) is 7.13. The minimum absolute atomic E-state index is 0.470. The number of rotatable bonds is 3. The van der Waals surface area contributed by atoms with Crippen LogP contribution in [0.5, 0.6) is 5.75 Å². The van der Waals surface area contributed by atoms with Gasteiger partial charge in [0, 0.05) is 21.3 Å². The highest BCUT2D eigenvalue weighted by Gasteiger charge is 2.08. The van der Waals surface area contributed by atoms with E-state index in [1.165, 1.54) is 4.70 Å². The lowest BCUT2D eigenvalue weighted by Crippen LogP contribution is -1.96. The van der Waals surface area contributed by atoms with Gasteiger partial charge in [-0.25, -0.2) is 0 Å². The van der Waals surface area contributed by atoms with E-state index in [2.05, 4.69) is 11.4 Å². The Kier molecular flexibility index (Phi) is 3.32. The molecule has 0 aliphatic carbocycles. The van der Waals surface area contributed by atoms with Gasteiger partial charge in [0.25, 0.3) is 0 Å². The molecule has 1 heterocycles. The van der Waals surface area contributed by atoms with Crippen molar-refractivity contribution in [1.29, 1.82) is 0 Å². The Bertz CT molecular complexity index is 723. The van der Waals surface area contributed by atoms with E-state index in [1.807, 2.05) is 36.4 Å². The Morgan fingerprint density at radius 1 is 1.11 bits per heavy atom. The van der Waals surface area contributed by atoms with Gasteiger partial charge in [0.05, 0.1) is 5.02 Å². The van der Waals surface area contributed by atoms with Gasteiger partial charge < -0.3 is 10.5 Å². The highest BCUT2D eigenvalue weighted by molar-refractivity contribution is 7.17. The number of hydrogen-bond donors (Lipinski definition) is 1. The molecule has 0 saturated heterocycles. The van der Waals surface area contributed by atoms with Gasteiger partial charge >= 0.3 is 0 Å². The van der Waals surface area contributed by atoms with Crippen LogP contribution in [-0.4, -0.2) is 0 Å². The second-order valence-corrected chi connectivity index (χ2v) is 5.52. The summed E-state index contributed by atoms with van der Waals surface area (Å²) < 4.78 is 6.94. The quantitative estimate of drug-likeness (QED) is 0.708. The first-order valence-electron chi connectivity index (χ1n) is 5.87. The van der Waals surface area contributed by atoms with Crippen LogP contribution in [0, 0.1) is 0 Å². The molecule has 0 fully saturated rings. The maximum atomic E-state index is 6.07. The molecule has 2 aromatic carbocycles. The molecule has 1 aromatic heterocycles. The van der Waals surface area contributed by atoms with Crippen LogP contribution in [0.3, 0.4) is 0 Å². The molecule has 0 aliphatic rings. The molecule has 0 atom stereocenters. The molecule has 2 N–H and O–H groups in total. The van der Waals surface area contributed by atoms with Gasteiger partial charge in [0.15, 0.2) is 0 Å². The van der Waals surface area contributed by atoms with E-state index in [4.69, 9.17) is 22.1 Å². The summed E-state index contributed by atoms with van der Waals surface area (Å²) in [7, 11) is 0. The number of ether oxygens (including phenoxy) is 1. The van der Waals surface area contributed by atoms with E-state index in [0.29, 0.717) is 17.4 Å². The molecule has 0 spiro atoms. The monoisotopic (exact) mass is 289 g/mol. The van der Waals surface area contributed by atoms with Crippen LogP contribution in [0.2, 0.25) is 5.02 Å². The number of nitrogen functional groups attached to an aromatic ring is 1. The van der Waals surface area contributed by atoms with Crippen LogP contribution in [0.25, 0.3) is 10.1 Å². The third kappa shape index (κ3) is 2.39. The smallest absolute Gasteiger partial charge is 0.138 e. The molecule has 0 aliphatic heterocycles. The van der Waals surface area contributed by atoms with Crippen LogP contribution >= 0.6 is 22.9 Å². The molecule has 96 valence electrons. The highest BCUT2D eigenvalue weighted by atomic mass is 35.5. The standard InChI is InChI=1S/C15H12ClNOS/c16-11-4-1-2-6-13(11)18-8-10-9-19-14-7-3-5-12(17)15(10)14/h1-7,9H,8,17H2. The molecule has 19 heavy (non-hydrogen) atoms. The summed E-state index contributed by atoms with van der Waals surface area (Å²) in [5.74, 6) is 0.693. The number of fused-ring (bicyclic) bond motifs is 1. The molecule has 3 aromatic rings. The number of anilines is 1. The number of hydrogen-bond acceptors (Lipinski definition) is 3. The van der Waals surface area contributed by atoms with Crippen LogP contribution in [0.4, 0.5) is 5.69 Å². The van der Waals surface area contributed by atoms with E-state index in [9.17, 15) is 0 Å². The summed E-state index contributed by atoms with van der Waals surface area (Å²) >= 11 is 7.74. The van der Waals surface area contributed by atoms with Crippen LogP contribution < -0.4 is 10.5 Å². The zero-order chi connectivity index (χ0) is 13.2. The summed E-state index contributed by atoms with van der Waals surface area (Å²) in [4.78, 5) is 0. The van der Waals surface area contributed by atoms with Gasteiger partial charge in [0.1, 0.15) is 12.4 Å². The highest BCUT2D eigenvalue weighted by Crippen LogP contribution is 2.32. The van der Waals surface area contributed by atoms with Crippen LogP contribution in [-0.2, 0) is 6.61 Å². The molecule has 0 bridgehead atoms. The van der Waals surface area contributed by atoms with Crippen molar-refractivity contribution in [3.05, 3.63) is 58.4 Å². The zero-order valence-electron chi connectivity index (χ0n) is 10.1. The largest absolute Gasteiger partial charge is 0.487 e. The number of benzene rings is 2. The summed E-state index contributed by atoms with van der Waals surface area (Å²) in [6, 6.07) is 13.4. The number of nitrogens with two attached hydrogens (primary N) is 1. The zero-order valence-corrected chi connectivity index (χ0v) is 11.7. The van der Waals surface area contributed by atoms with Crippen LogP contribution in [0.1, 0.15) is 5.56 Å². The fourth-order valence-electron chi connectivity index (χ4n) is 2.01. The Hall–Kier alpha value is -1.71. The average Bonchev–Trinajstić information content (AvgIpc) is 2.83. The summed E-state index contributed by atoms with van der Waals surface area (Å²) in [5.41, 5.74) is 7.91. The van der Waals surface area contributed by atoms with Gasteiger partial charge in [-0.3, -0.25) is 0 Å². The lowest BCUT2D eigenvalue weighted by Gasteiger charge is -2.07. The number of para-hydroxylation sites is 1. The van der Waals surface area contributed by atoms with Crippen molar-refractivity contribution in [3.8, 4) is 5.75 Å². The van der Waals surface area contributed by atoms with Crippen molar-refractivity contribution in [2.75, 3.05) is 5.73 Å². The van der Waals surface area contributed by atoms with Crippen molar-refractivity contribution in [2.45, 2.75) is 6.61 Å². The Morgan fingerprint density at radius 2 is 1.95 bits per heavy atom. The van der Waals surface area contributed by atoms with Gasteiger partial charge in [-0.15, -0.1) is 11.3 Å². The predicted molar refractivity (Wildman–Crippen MR) is 82.0 cm³/mol. The topological polar surface area (TPSA) is 35.2 Å². The van der Waals surface area contributed by atoms with Crippen LogP contribution in [0.15, 0.2) is 47.8 Å². The second kappa shape index (κ2) is 5.11. The van der Waals surface area contributed by atoms with Crippen molar-refractivity contribution >= 4 is 38.7 Å². The first kappa shape index (κ1) is 12.3. The van der Waals surface area contributed by atoms with Gasteiger partial charge in [-0.2, -0.15) is 0 Å². The summed E-state index contributed by atoms with van der Waals surface area (Å²) in [6.45, 7) is 0.470. The molecule has 0 radical (unpaired) electrons. The Labute approximate surface area is 120 Å². The van der Waals surface area contributed by atoms with Crippen molar-refractivity contribution in [3.63, 3.8) is 0 Å². The third-order valence-electron chi connectivity index (χ3n) is 2.93. The van der Waals surface area contributed by atoms with E-state index in [1.54, 1.807) is 11.3 Å². The van der Waals surface area contributed by atoms with Gasteiger partial charge in [-0.05, 0) is 29.6 Å². The van der Waals surface area contributed by atoms with E-state index in [0.717, 1.165) is 16.6 Å². The maximum absolute atomic E-state index is 6.07. The SMILES string of the molecule is Nc1cccc2scc(COc3ccccc3Cl)c12. The summed E-state index contributed by atoms with van der Waals surface area (Å²) in [6.07, 6.45) is 0. The minimum Gasteiger partial charge on any atom is -0.487 e. The molecular weight excluding hydrogens is 278 g/mol. The normalized spacial score (nSPS) is 10.8. The van der Waals surface area contributed by atoms with Gasteiger partial charge in [-0.1, -0.05) is 29.8 Å². The molecule has 0 amide bonds. The molecule has 4 heteroatoms. The minimum atomic E-state index is 0.470. The van der Waals surface area contributed by atoms with Crippen molar-refractivity contribution in [1.82, 2.24) is 0 Å². The average molecular weight is 290 g/mol. The summed E-state index contributed by atoms with van der Waals surface area (Å²) in [5, 5.41) is 3.78. The molecule has 3 rings (SSSR count). The Balaban J connectivity index is 1.89. The predicted octanol–water partition coefficient (Wildman–Crippen LogP) is 4.72. The van der Waals surface area contributed by atoms with Gasteiger partial charge in [0.2, 0.25) is 0 Å². The fraction of sp³-hybridized carbons (Fsp3) is 0.0667. The lowest BCUT2D eigenvalue weighted by molar-refractivity contribution is 0.308. The molecule has 2 nitrogen and oxygen atoms in total. The van der Waals surface area contributed by atoms with E-state index < -0.39 is 0 Å². The number of thiophene rings is 1. The lowest BCUT2D eigenvalue weighted by atomic mass is 10.1. The van der Waals surface area contributed by atoms with Crippen molar-refractivity contribution < 1.29 is 4.74 Å². The molecule has 0 saturated carbocycles. The third-order valence-corrected chi connectivity index (χ3v) is 4.24. The first-order chi connectivity index (χ1) is 9.25. The molecule has 0 unspecified atom stereocenters. The Morgan fingerprint density at radius 3 is 2.79 bits per heavy atom. The number of halogens is 1. The second-order valence-electron chi connectivity index (χ2n) is 4.20. The van der Waals surface area contributed by atoms with E-state index in [-0.39, 0.29) is 0 Å². The maximum Gasteiger partial charge on any atom is 0.138 e.